The van der Waals surface area contributed by atoms with Gasteiger partial charge in [-0.2, -0.15) is 0 Å². The first-order valence-corrected chi connectivity index (χ1v) is 7.90. The van der Waals surface area contributed by atoms with Crippen LogP contribution in [0.15, 0.2) is 9.59 Å². The van der Waals surface area contributed by atoms with Gasteiger partial charge in [0.25, 0.3) is 5.56 Å². The third kappa shape index (κ3) is 2.39. The van der Waals surface area contributed by atoms with Gasteiger partial charge in [0.2, 0.25) is 0 Å². The molecule has 0 aliphatic heterocycles. The maximum Gasteiger partial charge on any atom is 0.332 e. The van der Waals surface area contributed by atoms with Crippen molar-refractivity contribution in [1.29, 1.82) is 0 Å². The second-order valence-corrected chi connectivity index (χ2v) is 5.43. The smallest absolute Gasteiger partial charge is 0.321 e. The van der Waals surface area contributed by atoms with E-state index in [4.69, 9.17) is 0 Å². The first-order chi connectivity index (χ1) is 10.5. The van der Waals surface area contributed by atoms with Crippen molar-refractivity contribution in [2.75, 3.05) is 7.05 Å². The minimum Gasteiger partial charge on any atom is -0.321 e. The second-order valence-electron chi connectivity index (χ2n) is 5.43. The number of hydrogen-bond donors (Lipinski definition) is 1. The number of aromatic nitrogens is 4. The molecule has 2 aromatic rings. The first kappa shape index (κ1) is 16.5. The summed E-state index contributed by atoms with van der Waals surface area (Å²) in [6.45, 7) is 9.36. The summed E-state index contributed by atoms with van der Waals surface area (Å²) in [6, 6.07) is -0.00366. The van der Waals surface area contributed by atoms with Gasteiger partial charge in [-0.05, 0) is 34.2 Å². The van der Waals surface area contributed by atoms with Crippen molar-refractivity contribution in [2.45, 2.75) is 59.8 Å². The van der Waals surface area contributed by atoms with Gasteiger partial charge >= 0.3 is 5.69 Å². The molecule has 122 valence electrons. The molecule has 1 unspecified atom stereocenters. The third-order valence-electron chi connectivity index (χ3n) is 4.14. The van der Waals surface area contributed by atoms with Crippen molar-refractivity contribution in [3.63, 3.8) is 0 Å². The van der Waals surface area contributed by atoms with E-state index >= 15 is 0 Å². The SMILES string of the molecule is CCC(C)n1c(=O)n(CC)c(=O)c2c1nc(CNC)n2CC. The van der Waals surface area contributed by atoms with Crippen molar-refractivity contribution >= 4 is 11.2 Å². The number of imidazole rings is 1. The largest absolute Gasteiger partial charge is 0.332 e. The predicted octanol–water partition coefficient (Wildman–Crippen LogP) is 1.09. The summed E-state index contributed by atoms with van der Waals surface area (Å²) in [7, 11) is 1.84. The van der Waals surface area contributed by atoms with Gasteiger partial charge in [-0.3, -0.25) is 13.9 Å². The molecule has 0 saturated heterocycles. The molecule has 0 radical (unpaired) electrons. The van der Waals surface area contributed by atoms with E-state index in [-0.39, 0.29) is 17.3 Å². The standard InChI is InChI=1S/C15H25N5O2/c1-6-10(4)20-13-12(14(21)19(8-3)15(20)22)18(7-2)11(17-13)9-16-5/h10,16H,6-9H2,1-5H3. The van der Waals surface area contributed by atoms with Crippen LogP contribution in [0.5, 0.6) is 0 Å². The molecule has 0 fully saturated rings. The van der Waals surface area contributed by atoms with Gasteiger partial charge in [-0.15, -0.1) is 0 Å². The lowest BCUT2D eigenvalue weighted by Crippen LogP contribution is -2.41. The van der Waals surface area contributed by atoms with Crippen LogP contribution >= 0.6 is 0 Å². The Hall–Kier alpha value is -1.89. The molecule has 7 heteroatoms. The number of rotatable bonds is 6. The third-order valence-corrected chi connectivity index (χ3v) is 4.14. The molecule has 1 N–H and O–H groups in total. The van der Waals surface area contributed by atoms with E-state index in [9.17, 15) is 9.59 Å². The molecule has 1 atom stereocenters. The van der Waals surface area contributed by atoms with Gasteiger partial charge < -0.3 is 9.88 Å². The van der Waals surface area contributed by atoms with Crippen LogP contribution in [0.2, 0.25) is 0 Å². The van der Waals surface area contributed by atoms with Gasteiger partial charge in [0, 0.05) is 19.1 Å². The normalized spacial score (nSPS) is 13.0. The molecule has 0 amide bonds. The lowest BCUT2D eigenvalue weighted by atomic mass is 10.2. The first-order valence-electron chi connectivity index (χ1n) is 7.90. The van der Waals surface area contributed by atoms with Crippen molar-refractivity contribution in [2.24, 2.45) is 0 Å². The highest BCUT2D eigenvalue weighted by Crippen LogP contribution is 2.17. The number of fused-ring (bicyclic) bond motifs is 1. The van der Waals surface area contributed by atoms with E-state index in [1.165, 1.54) is 4.57 Å². The van der Waals surface area contributed by atoms with Crippen molar-refractivity contribution in [1.82, 2.24) is 24.0 Å². The zero-order chi connectivity index (χ0) is 16.4. The average molecular weight is 307 g/mol. The lowest BCUT2D eigenvalue weighted by Gasteiger charge is -2.15. The summed E-state index contributed by atoms with van der Waals surface area (Å²) in [4.78, 5) is 30.0. The second kappa shape index (κ2) is 6.48. The summed E-state index contributed by atoms with van der Waals surface area (Å²) >= 11 is 0. The summed E-state index contributed by atoms with van der Waals surface area (Å²) in [5, 5.41) is 3.07. The summed E-state index contributed by atoms with van der Waals surface area (Å²) in [6.07, 6.45) is 0.803. The van der Waals surface area contributed by atoms with Crippen LogP contribution in [0.25, 0.3) is 11.2 Å². The molecule has 0 bridgehead atoms. The van der Waals surface area contributed by atoms with E-state index in [0.717, 1.165) is 12.2 Å². The number of hydrogen-bond acceptors (Lipinski definition) is 4. The molecule has 22 heavy (non-hydrogen) atoms. The number of nitrogens with one attached hydrogen (secondary N) is 1. The highest BCUT2D eigenvalue weighted by Gasteiger charge is 2.22. The average Bonchev–Trinajstić information content (AvgIpc) is 2.86. The molecule has 7 nitrogen and oxygen atoms in total. The number of nitrogens with zero attached hydrogens (tertiary/aromatic N) is 4. The summed E-state index contributed by atoms with van der Waals surface area (Å²) in [5.74, 6) is 0.780. The maximum atomic E-state index is 12.7. The van der Waals surface area contributed by atoms with Crippen molar-refractivity contribution in [3.8, 4) is 0 Å². The van der Waals surface area contributed by atoms with E-state index in [1.54, 1.807) is 4.57 Å². The van der Waals surface area contributed by atoms with Crippen LogP contribution in [0.4, 0.5) is 0 Å². The van der Waals surface area contributed by atoms with Crippen molar-refractivity contribution < 1.29 is 0 Å². The molecule has 2 rings (SSSR count). The quantitative estimate of drug-likeness (QED) is 0.867. The Balaban J connectivity index is 3.00. The lowest BCUT2D eigenvalue weighted by molar-refractivity contribution is 0.488. The minimum atomic E-state index is -0.272. The monoisotopic (exact) mass is 307 g/mol. The molecule has 0 aliphatic rings. The molecule has 2 aromatic heterocycles. The van der Waals surface area contributed by atoms with Gasteiger partial charge in [0.1, 0.15) is 5.82 Å². The Morgan fingerprint density at radius 1 is 1.14 bits per heavy atom. The molecular weight excluding hydrogens is 282 g/mol. The van der Waals surface area contributed by atoms with Crippen LogP contribution in [0, 0.1) is 0 Å². The molecule has 0 aromatic carbocycles. The summed E-state index contributed by atoms with van der Waals surface area (Å²) < 4.78 is 4.86. The van der Waals surface area contributed by atoms with Gasteiger partial charge in [0.05, 0.1) is 6.54 Å². The highest BCUT2D eigenvalue weighted by molar-refractivity contribution is 5.71. The van der Waals surface area contributed by atoms with E-state index < -0.39 is 0 Å². The van der Waals surface area contributed by atoms with Gasteiger partial charge in [-0.1, -0.05) is 6.92 Å². The minimum absolute atomic E-state index is 0.00366. The van der Waals surface area contributed by atoms with E-state index in [0.29, 0.717) is 30.8 Å². The Labute approximate surface area is 129 Å². The fourth-order valence-electron chi connectivity index (χ4n) is 2.79. The summed E-state index contributed by atoms with van der Waals surface area (Å²) in [5.41, 5.74) is 0.500. The van der Waals surface area contributed by atoms with Gasteiger partial charge in [-0.25, -0.2) is 9.78 Å². The van der Waals surface area contributed by atoms with Crippen LogP contribution in [-0.4, -0.2) is 25.7 Å². The van der Waals surface area contributed by atoms with E-state index in [2.05, 4.69) is 10.3 Å². The highest BCUT2D eigenvalue weighted by atomic mass is 16.2. The van der Waals surface area contributed by atoms with Crippen LogP contribution in [0.3, 0.4) is 0 Å². The molecule has 2 heterocycles. The predicted molar refractivity (Wildman–Crippen MR) is 87.4 cm³/mol. The topological polar surface area (TPSA) is 73.8 Å². The Bertz CT molecular complexity index is 784. The Kier molecular flexibility index (Phi) is 4.85. The fraction of sp³-hybridized carbons (Fsp3) is 0.667. The molecular formula is C15H25N5O2. The van der Waals surface area contributed by atoms with Crippen LogP contribution in [-0.2, 0) is 19.6 Å². The van der Waals surface area contributed by atoms with Crippen LogP contribution in [0.1, 0.15) is 46.0 Å². The van der Waals surface area contributed by atoms with E-state index in [1.807, 2.05) is 39.3 Å². The van der Waals surface area contributed by atoms with Gasteiger partial charge in [0.15, 0.2) is 11.2 Å². The fourth-order valence-corrected chi connectivity index (χ4v) is 2.79. The molecule has 0 saturated carbocycles. The molecule has 0 aliphatic carbocycles. The number of aryl methyl sites for hydroxylation is 1. The Morgan fingerprint density at radius 3 is 2.27 bits per heavy atom. The maximum absolute atomic E-state index is 12.7. The van der Waals surface area contributed by atoms with Crippen molar-refractivity contribution in [3.05, 3.63) is 26.7 Å². The van der Waals surface area contributed by atoms with Crippen LogP contribution < -0.4 is 16.6 Å². The zero-order valence-corrected chi connectivity index (χ0v) is 14.0. The zero-order valence-electron chi connectivity index (χ0n) is 14.0. The Morgan fingerprint density at radius 2 is 1.77 bits per heavy atom. The molecule has 0 spiro atoms.